The highest BCUT2D eigenvalue weighted by Crippen LogP contribution is 2.67. The average Bonchev–Trinajstić information content (AvgIpc) is 3.42. The standard InChI is InChI=1S/C36H42N3O4PS2/c1-27-19-23-33(24-20-27)45(40,41)38-35-17-11-12-18-36(35)39(46(42,43)34-25-21-28(2)22-26-34)44(38)37(29(3)31-13-7-5-8-14-31)30(4)32-15-9-6-10-16-32/h5-10,13-16,19-26,29-30,35-36H,11-12,17-18H2,1-4H3/t29-,30-,35+,36+/m0/s1. The summed E-state index contributed by atoms with van der Waals surface area (Å²) in [6.07, 6.45) is 2.87. The summed E-state index contributed by atoms with van der Waals surface area (Å²) in [6, 6.07) is 32.2. The van der Waals surface area contributed by atoms with Crippen LogP contribution in [0, 0.1) is 13.8 Å². The van der Waals surface area contributed by atoms with Gasteiger partial charge in [-0.05, 0) is 75.9 Å². The molecule has 1 saturated carbocycles. The molecule has 0 spiro atoms. The molecule has 4 aromatic rings. The Labute approximate surface area is 275 Å². The maximum atomic E-state index is 15.0. The third-order valence-corrected chi connectivity index (χ3v) is 17.1. The quantitative estimate of drug-likeness (QED) is 0.167. The molecular weight excluding hydrogens is 634 g/mol. The van der Waals surface area contributed by atoms with E-state index in [2.05, 4.69) is 18.5 Å². The second kappa shape index (κ2) is 13.3. The van der Waals surface area contributed by atoms with Gasteiger partial charge >= 0.3 is 0 Å². The van der Waals surface area contributed by atoms with Gasteiger partial charge in [-0.15, -0.1) is 8.15 Å². The minimum absolute atomic E-state index is 0.184. The van der Waals surface area contributed by atoms with Crippen molar-refractivity contribution in [3.63, 3.8) is 0 Å². The van der Waals surface area contributed by atoms with Crippen molar-refractivity contribution in [3.05, 3.63) is 131 Å². The summed E-state index contributed by atoms with van der Waals surface area (Å²) in [5.41, 5.74) is 3.89. The molecule has 4 atom stereocenters. The number of fused-ring (bicyclic) bond motifs is 1. The SMILES string of the molecule is Cc1ccc(S(=O)(=O)N2[C@@H]3CCCC[C@H]3N(S(=O)(=O)c3ccc(C)cc3)P2N([C@@H](C)c2ccccc2)[C@@H](C)c2ccccc2)cc1. The first-order valence-electron chi connectivity index (χ1n) is 15.9. The van der Waals surface area contributed by atoms with E-state index in [1.165, 1.54) is 0 Å². The first kappa shape index (κ1) is 33.0. The molecule has 1 aliphatic carbocycles. The summed E-state index contributed by atoms with van der Waals surface area (Å²) >= 11 is 0. The first-order valence-corrected chi connectivity index (χ1v) is 20.0. The molecule has 6 rings (SSSR count). The molecule has 0 aromatic heterocycles. The zero-order valence-electron chi connectivity index (χ0n) is 26.8. The van der Waals surface area contributed by atoms with Crippen LogP contribution in [-0.2, 0) is 20.0 Å². The fourth-order valence-corrected chi connectivity index (χ4v) is 15.1. The molecule has 1 heterocycles. The van der Waals surface area contributed by atoms with E-state index in [0.29, 0.717) is 12.8 Å². The van der Waals surface area contributed by atoms with Crippen molar-refractivity contribution < 1.29 is 16.8 Å². The molecule has 7 nitrogen and oxygen atoms in total. The van der Waals surface area contributed by atoms with Crippen molar-refractivity contribution in [1.29, 1.82) is 0 Å². The molecule has 0 radical (unpaired) electrons. The van der Waals surface area contributed by atoms with Gasteiger partial charge < -0.3 is 0 Å². The smallest absolute Gasteiger partial charge is 0.242 e. The van der Waals surface area contributed by atoms with Crippen LogP contribution in [0.2, 0.25) is 0 Å². The van der Waals surface area contributed by atoms with E-state index in [1.807, 2.05) is 74.5 Å². The van der Waals surface area contributed by atoms with Crippen molar-refractivity contribution in [2.75, 3.05) is 0 Å². The van der Waals surface area contributed by atoms with Gasteiger partial charge in [0.1, 0.15) is 0 Å². The molecule has 4 aromatic carbocycles. The van der Waals surface area contributed by atoms with Crippen LogP contribution >= 0.6 is 8.37 Å². The van der Waals surface area contributed by atoms with Gasteiger partial charge in [-0.1, -0.05) is 109 Å². The lowest BCUT2D eigenvalue weighted by Crippen LogP contribution is -2.43. The van der Waals surface area contributed by atoms with Crippen molar-refractivity contribution in [3.8, 4) is 0 Å². The number of aryl methyl sites for hydroxylation is 2. The number of hydrogen-bond acceptors (Lipinski definition) is 5. The van der Waals surface area contributed by atoms with E-state index in [1.54, 1.807) is 56.7 Å². The number of sulfonamides is 2. The fourth-order valence-electron chi connectivity index (χ4n) is 6.76. The Morgan fingerprint density at radius 2 is 0.935 bits per heavy atom. The minimum atomic E-state index is -4.12. The highest BCUT2D eigenvalue weighted by Gasteiger charge is 2.61. The van der Waals surface area contributed by atoms with Crippen LogP contribution in [0.5, 0.6) is 0 Å². The van der Waals surface area contributed by atoms with Crippen molar-refractivity contribution in [2.45, 2.75) is 87.3 Å². The molecule has 242 valence electrons. The van der Waals surface area contributed by atoms with Crippen LogP contribution < -0.4 is 0 Å². The normalized spacial score (nSPS) is 21.2. The number of hydrogen-bond donors (Lipinski definition) is 0. The maximum absolute atomic E-state index is 15.0. The monoisotopic (exact) mass is 675 g/mol. The molecule has 2 aliphatic rings. The predicted molar refractivity (Wildman–Crippen MR) is 185 cm³/mol. The van der Waals surface area contributed by atoms with Crippen LogP contribution in [0.1, 0.15) is 73.9 Å². The van der Waals surface area contributed by atoms with Gasteiger partial charge in [-0.25, -0.2) is 21.5 Å². The summed E-state index contributed by atoms with van der Waals surface area (Å²) in [7, 11) is -10.4. The van der Waals surface area contributed by atoms with E-state index in [4.69, 9.17) is 0 Å². The van der Waals surface area contributed by atoms with Gasteiger partial charge in [0.15, 0.2) is 8.37 Å². The van der Waals surface area contributed by atoms with E-state index in [-0.39, 0.29) is 21.9 Å². The topological polar surface area (TPSA) is 78.0 Å². The Balaban J connectivity index is 1.63. The number of rotatable bonds is 9. The molecule has 1 aliphatic heterocycles. The van der Waals surface area contributed by atoms with Crippen LogP contribution in [-0.4, -0.2) is 41.7 Å². The minimum Gasteiger partial charge on any atom is -0.242 e. The van der Waals surface area contributed by atoms with Gasteiger partial charge in [0.05, 0.1) is 9.79 Å². The third kappa shape index (κ3) is 6.10. The molecule has 0 unspecified atom stereocenters. The van der Waals surface area contributed by atoms with E-state index < -0.39 is 40.5 Å². The predicted octanol–water partition coefficient (Wildman–Crippen LogP) is 8.36. The first-order chi connectivity index (χ1) is 22.0. The molecular formula is C36H42N3O4PS2. The van der Waals surface area contributed by atoms with Crippen molar-refractivity contribution in [1.82, 2.24) is 12.8 Å². The lowest BCUT2D eigenvalue weighted by Gasteiger charge is -2.44. The van der Waals surface area contributed by atoms with Gasteiger partial charge in [0.25, 0.3) is 0 Å². The molecule has 2 fully saturated rings. The number of benzene rings is 4. The average molecular weight is 676 g/mol. The summed E-state index contributed by atoms with van der Waals surface area (Å²) in [5.74, 6) is 0. The van der Waals surface area contributed by atoms with Crippen molar-refractivity contribution in [2.24, 2.45) is 0 Å². The van der Waals surface area contributed by atoms with Crippen molar-refractivity contribution >= 4 is 28.4 Å². The Bertz CT molecular complexity index is 1720. The van der Waals surface area contributed by atoms with Crippen LogP contribution in [0.15, 0.2) is 119 Å². The largest absolute Gasteiger partial charge is 0.248 e. The summed E-state index contributed by atoms with van der Waals surface area (Å²) < 4.78 is 65.3. The van der Waals surface area contributed by atoms with Crippen LogP contribution in [0.3, 0.4) is 0 Å². The van der Waals surface area contributed by atoms with Gasteiger partial charge in [-0.2, -0.15) is 0 Å². The van der Waals surface area contributed by atoms with Gasteiger partial charge in [0, 0.05) is 24.2 Å². The third-order valence-electron chi connectivity index (χ3n) is 9.31. The second-order valence-corrected chi connectivity index (χ2v) is 18.5. The highest BCUT2D eigenvalue weighted by molar-refractivity contribution is 7.98. The Kier molecular flexibility index (Phi) is 9.55. The zero-order chi connectivity index (χ0) is 32.6. The fraction of sp³-hybridized carbons (Fsp3) is 0.333. The zero-order valence-corrected chi connectivity index (χ0v) is 29.3. The second-order valence-electron chi connectivity index (χ2n) is 12.4. The summed E-state index contributed by atoms with van der Waals surface area (Å²) in [4.78, 5) is 0.369. The lowest BCUT2D eigenvalue weighted by molar-refractivity contribution is 0.278. The summed E-state index contributed by atoms with van der Waals surface area (Å²) in [6.45, 7) is 7.98. The van der Waals surface area contributed by atoms with E-state index in [0.717, 1.165) is 35.1 Å². The van der Waals surface area contributed by atoms with E-state index >= 15 is 0 Å². The molecule has 0 N–H and O–H groups in total. The van der Waals surface area contributed by atoms with Crippen LogP contribution in [0.25, 0.3) is 0 Å². The van der Waals surface area contributed by atoms with Gasteiger partial charge in [0.2, 0.25) is 20.0 Å². The van der Waals surface area contributed by atoms with Gasteiger partial charge in [-0.3, -0.25) is 0 Å². The highest BCUT2D eigenvalue weighted by atomic mass is 32.2. The Hall–Kier alpha value is -2.91. The molecule has 10 heteroatoms. The number of nitrogens with zero attached hydrogens (tertiary/aromatic N) is 3. The van der Waals surface area contributed by atoms with E-state index in [9.17, 15) is 16.8 Å². The maximum Gasteiger partial charge on any atom is 0.248 e. The molecule has 0 amide bonds. The van der Waals surface area contributed by atoms with Crippen LogP contribution in [0.4, 0.5) is 0 Å². The lowest BCUT2D eigenvalue weighted by atomic mass is 9.92. The molecule has 0 bridgehead atoms. The Morgan fingerprint density at radius 1 is 0.587 bits per heavy atom. The summed E-state index contributed by atoms with van der Waals surface area (Å²) in [5, 5.41) is 0. The Morgan fingerprint density at radius 3 is 1.28 bits per heavy atom. The molecule has 46 heavy (non-hydrogen) atoms. The molecule has 1 saturated heterocycles.